The van der Waals surface area contributed by atoms with Crippen LogP contribution < -0.4 is 5.32 Å². The fraction of sp³-hybridized carbons (Fsp3) is 0.500. The van der Waals surface area contributed by atoms with E-state index >= 15 is 0 Å². The minimum atomic E-state index is -0.118. The van der Waals surface area contributed by atoms with Crippen LogP contribution in [-0.4, -0.2) is 42.1 Å². The molecule has 0 radical (unpaired) electrons. The predicted octanol–water partition coefficient (Wildman–Crippen LogP) is 6.63. The van der Waals surface area contributed by atoms with Crippen LogP contribution in [0.2, 0.25) is 0 Å². The second kappa shape index (κ2) is 16.0. The molecule has 2 N–H and O–H groups in total. The van der Waals surface area contributed by atoms with Gasteiger partial charge in [-0.2, -0.15) is 17.0 Å². The Bertz CT molecular complexity index is 939. The van der Waals surface area contributed by atoms with Crippen molar-refractivity contribution < 1.29 is 0 Å². The molecule has 0 amide bonds. The van der Waals surface area contributed by atoms with Gasteiger partial charge in [-0.15, -0.1) is 10.2 Å². The lowest BCUT2D eigenvalue weighted by atomic mass is 10.0. The van der Waals surface area contributed by atoms with Gasteiger partial charge in [0.15, 0.2) is 5.82 Å². The Balaban J connectivity index is 1.90. The monoisotopic (exact) mass is 481 g/mol. The van der Waals surface area contributed by atoms with Crippen LogP contribution in [0.3, 0.4) is 0 Å². The molecule has 2 aromatic heterocycles. The van der Waals surface area contributed by atoms with Crippen molar-refractivity contribution in [3.8, 4) is 0 Å². The van der Waals surface area contributed by atoms with Crippen LogP contribution in [0, 0.1) is 0 Å². The smallest absolute Gasteiger partial charge is 0.223 e. The number of aromatic amines is 1. The number of H-pyrrole nitrogens is 1. The summed E-state index contributed by atoms with van der Waals surface area (Å²) in [6.45, 7) is 10.9. The number of rotatable bonds is 15. The number of anilines is 1. The molecule has 2 heterocycles. The maximum Gasteiger partial charge on any atom is 0.223 e. The molecule has 2 aromatic rings. The standard InChI is InChI=1S/C26H39N7S/c1-20(2)9-6-10-22(5)11-7-12-23(14-13-21(3)4)15-18-34-19-24(25-30-32-33-31-25)29-26-27-16-8-17-28-26/h8-9,11,13,15-17,24H,6-7,10,12,14,18-19H2,1-5H3,(H,27,28,29)(H,30,31,32,33). The third kappa shape index (κ3) is 11.9. The lowest BCUT2D eigenvalue weighted by Gasteiger charge is -2.14. The van der Waals surface area contributed by atoms with E-state index in [9.17, 15) is 0 Å². The van der Waals surface area contributed by atoms with Crippen LogP contribution in [0.5, 0.6) is 0 Å². The zero-order valence-corrected chi connectivity index (χ0v) is 22.0. The molecule has 0 aromatic carbocycles. The van der Waals surface area contributed by atoms with E-state index in [4.69, 9.17) is 0 Å². The van der Waals surface area contributed by atoms with Crippen LogP contribution in [0.25, 0.3) is 0 Å². The zero-order valence-electron chi connectivity index (χ0n) is 21.2. The van der Waals surface area contributed by atoms with Gasteiger partial charge in [-0.1, -0.05) is 51.8 Å². The number of tetrazole rings is 1. The van der Waals surface area contributed by atoms with Crippen LogP contribution in [-0.2, 0) is 0 Å². The number of allylic oxidation sites excluding steroid dienone is 7. The van der Waals surface area contributed by atoms with Crippen molar-refractivity contribution in [3.05, 3.63) is 70.9 Å². The SMILES string of the molecule is CC(C)=CCCC(C)=CCCC(=CCSCC(Nc1ncccn1)c1nn[nH]n1)CC=C(C)C. The largest absolute Gasteiger partial charge is 0.343 e. The molecule has 0 spiro atoms. The Hall–Kier alpha value is -2.74. The highest BCUT2D eigenvalue weighted by Gasteiger charge is 2.17. The van der Waals surface area contributed by atoms with Crippen molar-refractivity contribution in [1.29, 1.82) is 0 Å². The molecule has 7 nitrogen and oxygen atoms in total. The summed E-state index contributed by atoms with van der Waals surface area (Å²) >= 11 is 1.84. The van der Waals surface area contributed by atoms with E-state index < -0.39 is 0 Å². The lowest BCUT2D eigenvalue weighted by Crippen LogP contribution is -2.17. The Labute approximate surface area is 208 Å². The van der Waals surface area contributed by atoms with Gasteiger partial charge in [0.25, 0.3) is 0 Å². The van der Waals surface area contributed by atoms with Gasteiger partial charge in [0.1, 0.15) is 6.04 Å². The molecular weight excluding hydrogens is 442 g/mol. The highest BCUT2D eigenvalue weighted by atomic mass is 32.2. The Morgan fingerprint density at radius 2 is 1.71 bits per heavy atom. The second-order valence-corrected chi connectivity index (χ2v) is 9.91. The first-order valence-electron chi connectivity index (χ1n) is 11.9. The summed E-state index contributed by atoms with van der Waals surface area (Å²) in [7, 11) is 0. The highest BCUT2D eigenvalue weighted by Crippen LogP contribution is 2.21. The van der Waals surface area contributed by atoms with Gasteiger partial charge in [-0.05, 0) is 72.8 Å². The maximum absolute atomic E-state index is 4.26. The summed E-state index contributed by atoms with van der Waals surface area (Å²) < 4.78 is 0. The molecular formula is C26H39N7S. The van der Waals surface area contributed by atoms with Gasteiger partial charge in [-0.25, -0.2) is 9.97 Å². The van der Waals surface area contributed by atoms with Crippen molar-refractivity contribution in [2.24, 2.45) is 0 Å². The molecule has 0 aliphatic rings. The lowest BCUT2D eigenvalue weighted by molar-refractivity contribution is 0.790. The second-order valence-electron chi connectivity index (χ2n) is 8.83. The Morgan fingerprint density at radius 3 is 2.38 bits per heavy atom. The van der Waals surface area contributed by atoms with E-state index in [1.165, 1.54) is 22.3 Å². The number of hydrogen-bond acceptors (Lipinski definition) is 7. The molecule has 0 fully saturated rings. The van der Waals surface area contributed by atoms with Gasteiger partial charge < -0.3 is 5.32 Å². The average molecular weight is 482 g/mol. The summed E-state index contributed by atoms with van der Waals surface area (Å²) in [4.78, 5) is 8.51. The summed E-state index contributed by atoms with van der Waals surface area (Å²) in [6, 6.07) is 1.68. The molecule has 1 atom stereocenters. The number of nitrogens with zero attached hydrogens (tertiary/aromatic N) is 5. The molecule has 0 aliphatic carbocycles. The fourth-order valence-corrected chi connectivity index (χ4v) is 4.16. The van der Waals surface area contributed by atoms with Crippen LogP contribution in [0.4, 0.5) is 5.95 Å². The molecule has 34 heavy (non-hydrogen) atoms. The normalized spacial score (nSPS) is 12.9. The van der Waals surface area contributed by atoms with Crippen LogP contribution in [0.1, 0.15) is 78.6 Å². The maximum atomic E-state index is 4.26. The van der Waals surface area contributed by atoms with E-state index in [0.717, 1.165) is 43.6 Å². The van der Waals surface area contributed by atoms with Gasteiger partial charge >= 0.3 is 0 Å². The number of hydrogen-bond donors (Lipinski definition) is 2. The topological polar surface area (TPSA) is 92.3 Å². The number of nitrogens with one attached hydrogen (secondary N) is 2. The van der Waals surface area contributed by atoms with Gasteiger partial charge in [0.05, 0.1) is 0 Å². The third-order valence-corrected chi connectivity index (χ3v) is 6.11. The van der Waals surface area contributed by atoms with Crippen molar-refractivity contribution in [3.63, 3.8) is 0 Å². The van der Waals surface area contributed by atoms with Gasteiger partial charge in [0, 0.05) is 23.9 Å². The number of aromatic nitrogens is 6. The van der Waals surface area contributed by atoms with Crippen molar-refractivity contribution in [2.75, 3.05) is 16.8 Å². The van der Waals surface area contributed by atoms with E-state index in [1.54, 1.807) is 18.5 Å². The van der Waals surface area contributed by atoms with Crippen molar-refractivity contribution in [1.82, 2.24) is 30.6 Å². The minimum absolute atomic E-state index is 0.118. The summed E-state index contributed by atoms with van der Waals surface area (Å²) in [5.74, 6) is 2.89. The van der Waals surface area contributed by atoms with E-state index in [2.05, 4.69) is 94.8 Å². The molecule has 2 rings (SSSR count). The minimum Gasteiger partial charge on any atom is -0.343 e. The molecule has 1 unspecified atom stereocenters. The molecule has 0 aliphatic heterocycles. The first-order chi connectivity index (χ1) is 16.4. The first-order valence-corrected chi connectivity index (χ1v) is 13.0. The van der Waals surface area contributed by atoms with Crippen LogP contribution >= 0.6 is 11.8 Å². The molecule has 0 saturated carbocycles. The number of thioether (sulfide) groups is 1. The Kier molecular flexibility index (Phi) is 12.9. The quantitative estimate of drug-likeness (QED) is 0.218. The van der Waals surface area contributed by atoms with Crippen LogP contribution in [0.15, 0.2) is 65.1 Å². The first kappa shape index (κ1) is 27.5. The highest BCUT2D eigenvalue weighted by molar-refractivity contribution is 7.99. The zero-order chi connectivity index (χ0) is 24.6. The Morgan fingerprint density at radius 1 is 0.971 bits per heavy atom. The summed E-state index contributed by atoms with van der Waals surface area (Å²) in [6.07, 6.45) is 18.3. The van der Waals surface area contributed by atoms with Gasteiger partial charge in [0.2, 0.25) is 5.95 Å². The van der Waals surface area contributed by atoms with E-state index in [1.807, 2.05) is 11.8 Å². The predicted molar refractivity (Wildman–Crippen MR) is 144 cm³/mol. The molecule has 0 saturated heterocycles. The van der Waals surface area contributed by atoms with E-state index in [0.29, 0.717) is 11.8 Å². The average Bonchev–Trinajstić information content (AvgIpc) is 3.34. The fourth-order valence-electron chi connectivity index (χ4n) is 3.21. The third-order valence-electron chi connectivity index (χ3n) is 5.14. The molecule has 8 heteroatoms. The molecule has 184 valence electrons. The summed E-state index contributed by atoms with van der Waals surface area (Å²) in [5, 5.41) is 17.9. The van der Waals surface area contributed by atoms with Crippen molar-refractivity contribution >= 4 is 17.7 Å². The van der Waals surface area contributed by atoms with Gasteiger partial charge in [-0.3, -0.25) is 0 Å². The van der Waals surface area contributed by atoms with Crippen molar-refractivity contribution in [2.45, 2.75) is 72.8 Å². The van der Waals surface area contributed by atoms with E-state index in [-0.39, 0.29) is 6.04 Å². The summed E-state index contributed by atoms with van der Waals surface area (Å²) in [5.41, 5.74) is 5.71. The molecule has 0 bridgehead atoms.